The number of hydrogen-bond donors (Lipinski definition) is 1. The first-order valence-corrected chi connectivity index (χ1v) is 13.6. The fourth-order valence-corrected chi connectivity index (χ4v) is 6.23. The van der Waals surface area contributed by atoms with Crippen LogP contribution in [0.4, 0.5) is 5.82 Å². The number of anilines is 1. The van der Waals surface area contributed by atoms with Crippen molar-refractivity contribution in [2.75, 3.05) is 12.4 Å². The van der Waals surface area contributed by atoms with Gasteiger partial charge in [0.2, 0.25) is 0 Å². The molecule has 0 unspecified atom stereocenters. The molecule has 4 aromatic heterocycles. The highest BCUT2D eigenvalue weighted by atomic mass is 32.1. The molecule has 1 fully saturated rings. The van der Waals surface area contributed by atoms with Crippen LogP contribution in [0.5, 0.6) is 0 Å². The van der Waals surface area contributed by atoms with Gasteiger partial charge < -0.3 is 14.6 Å². The van der Waals surface area contributed by atoms with Gasteiger partial charge in [-0.05, 0) is 44.7 Å². The molecule has 1 saturated carbocycles. The van der Waals surface area contributed by atoms with Crippen LogP contribution < -0.4 is 5.32 Å². The van der Waals surface area contributed by atoms with Crippen LogP contribution in [-0.2, 0) is 11.8 Å². The number of benzene rings is 1. The van der Waals surface area contributed by atoms with E-state index in [0.717, 1.165) is 62.8 Å². The van der Waals surface area contributed by atoms with E-state index in [1.807, 2.05) is 34.8 Å². The third-order valence-electron chi connectivity index (χ3n) is 7.06. The van der Waals surface area contributed by atoms with E-state index in [1.165, 1.54) is 0 Å². The number of rotatable bonds is 7. The third-order valence-corrected chi connectivity index (χ3v) is 8.17. The predicted molar refractivity (Wildman–Crippen MR) is 149 cm³/mol. The molecule has 0 spiro atoms. The minimum atomic E-state index is 0.274. The summed E-state index contributed by atoms with van der Waals surface area (Å²) in [5.41, 5.74) is 3.19. The van der Waals surface area contributed by atoms with E-state index in [-0.39, 0.29) is 18.2 Å². The van der Waals surface area contributed by atoms with Gasteiger partial charge in [0.25, 0.3) is 0 Å². The van der Waals surface area contributed by atoms with Crippen molar-refractivity contribution in [3.63, 3.8) is 0 Å². The highest BCUT2D eigenvalue weighted by Gasteiger charge is 2.28. The van der Waals surface area contributed by atoms with E-state index < -0.39 is 0 Å². The Morgan fingerprint density at radius 1 is 1.08 bits per heavy atom. The van der Waals surface area contributed by atoms with Crippen LogP contribution in [-0.4, -0.2) is 48.6 Å². The second kappa shape index (κ2) is 9.72. The Morgan fingerprint density at radius 2 is 1.92 bits per heavy atom. The molecule has 2 atom stereocenters. The molecule has 9 heteroatoms. The Bertz CT molecular complexity index is 1530. The maximum Gasteiger partial charge on any atom is 0.199 e. The van der Waals surface area contributed by atoms with E-state index in [9.17, 15) is 0 Å². The topological polar surface area (TPSA) is 82.7 Å². The number of aryl methyl sites for hydroxylation is 1. The van der Waals surface area contributed by atoms with Crippen molar-refractivity contribution in [3.8, 4) is 33.3 Å². The minimum Gasteiger partial charge on any atom is -0.381 e. The molecule has 0 amide bonds. The average Bonchev–Trinajstić information content (AvgIpc) is 3.69. The van der Waals surface area contributed by atoms with Gasteiger partial charge in [0, 0.05) is 50.4 Å². The van der Waals surface area contributed by atoms with Crippen molar-refractivity contribution < 1.29 is 4.74 Å². The SMILES string of the molecule is CO[C@H]1CC[C@@H](Nc2nc(-c3nccn3C)nc3sc(-c4ccn(C(C)C)n4)c(-c4ccccc4)c23)C1. The smallest absolute Gasteiger partial charge is 0.199 e. The molecule has 4 heterocycles. The monoisotopic (exact) mass is 513 g/mol. The van der Waals surface area contributed by atoms with Crippen LogP contribution >= 0.6 is 11.3 Å². The van der Waals surface area contributed by atoms with E-state index in [1.54, 1.807) is 24.6 Å². The molecule has 0 radical (unpaired) electrons. The van der Waals surface area contributed by atoms with E-state index >= 15 is 0 Å². The number of nitrogens with zero attached hydrogens (tertiary/aromatic N) is 6. The van der Waals surface area contributed by atoms with Gasteiger partial charge in [-0.15, -0.1) is 11.3 Å². The van der Waals surface area contributed by atoms with Crippen LogP contribution in [0.15, 0.2) is 55.0 Å². The summed E-state index contributed by atoms with van der Waals surface area (Å²) in [5, 5.41) is 9.74. The van der Waals surface area contributed by atoms with Gasteiger partial charge in [0.15, 0.2) is 11.6 Å². The minimum absolute atomic E-state index is 0.274. The predicted octanol–water partition coefficient (Wildman–Crippen LogP) is 6.18. The van der Waals surface area contributed by atoms with Crippen molar-refractivity contribution in [3.05, 3.63) is 55.0 Å². The van der Waals surface area contributed by atoms with Crippen LogP contribution in [0.25, 0.3) is 43.6 Å². The van der Waals surface area contributed by atoms with Gasteiger partial charge in [-0.2, -0.15) is 5.10 Å². The Hall–Kier alpha value is -3.56. The van der Waals surface area contributed by atoms with Crippen LogP contribution in [0.1, 0.15) is 39.2 Å². The van der Waals surface area contributed by atoms with Crippen LogP contribution in [0.2, 0.25) is 0 Å². The maximum absolute atomic E-state index is 5.65. The number of thiophene rings is 1. The second-order valence-electron chi connectivity index (χ2n) is 9.90. The molecule has 8 nitrogen and oxygen atoms in total. The summed E-state index contributed by atoms with van der Waals surface area (Å²) in [4.78, 5) is 16.7. The molecule has 1 aromatic carbocycles. The molecule has 1 aliphatic carbocycles. The lowest BCUT2D eigenvalue weighted by Crippen LogP contribution is -2.18. The lowest BCUT2D eigenvalue weighted by Gasteiger charge is -2.16. The maximum atomic E-state index is 5.65. The quantitative estimate of drug-likeness (QED) is 0.280. The van der Waals surface area contributed by atoms with Crippen molar-refractivity contribution in [2.24, 2.45) is 7.05 Å². The summed E-state index contributed by atoms with van der Waals surface area (Å²) in [5.74, 6) is 2.20. The van der Waals surface area contributed by atoms with Gasteiger partial charge in [0.05, 0.1) is 16.4 Å². The molecular formula is C28H31N7OS. The molecule has 1 aliphatic rings. The molecule has 0 saturated heterocycles. The number of ether oxygens (including phenoxy) is 1. The van der Waals surface area contributed by atoms with Crippen LogP contribution in [0, 0.1) is 0 Å². The molecule has 190 valence electrons. The van der Waals surface area contributed by atoms with Gasteiger partial charge in [-0.25, -0.2) is 15.0 Å². The molecule has 6 rings (SSSR count). The summed E-state index contributed by atoms with van der Waals surface area (Å²) in [7, 11) is 3.76. The lowest BCUT2D eigenvalue weighted by molar-refractivity contribution is 0.108. The molecule has 0 aliphatic heterocycles. The first-order valence-electron chi connectivity index (χ1n) is 12.7. The van der Waals surface area contributed by atoms with Gasteiger partial charge >= 0.3 is 0 Å². The fraction of sp³-hybridized carbons (Fsp3) is 0.357. The number of hydrogen-bond acceptors (Lipinski definition) is 7. The van der Waals surface area contributed by atoms with Crippen molar-refractivity contribution in [1.82, 2.24) is 29.3 Å². The van der Waals surface area contributed by atoms with Crippen molar-refractivity contribution in [1.29, 1.82) is 0 Å². The zero-order valence-electron chi connectivity index (χ0n) is 21.5. The highest BCUT2D eigenvalue weighted by molar-refractivity contribution is 7.22. The molecule has 37 heavy (non-hydrogen) atoms. The van der Waals surface area contributed by atoms with Gasteiger partial charge in [0.1, 0.15) is 16.3 Å². The molecule has 5 aromatic rings. The summed E-state index contributed by atoms with van der Waals surface area (Å²) in [6.45, 7) is 4.28. The largest absolute Gasteiger partial charge is 0.381 e. The Labute approximate surface area is 220 Å². The molecular weight excluding hydrogens is 482 g/mol. The van der Waals surface area contributed by atoms with Crippen molar-refractivity contribution in [2.45, 2.75) is 51.3 Å². The number of imidazole rings is 1. The summed E-state index contributed by atoms with van der Waals surface area (Å²) in [6.07, 6.45) is 9.06. The van der Waals surface area contributed by atoms with E-state index in [0.29, 0.717) is 5.82 Å². The van der Waals surface area contributed by atoms with Crippen molar-refractivity contribution >= 4 is 27.4 Å². The first-order chi connectivity index (χ1) is 18.0. The van der Waals surface area contributed by atoms with Gasteiger partial charge in [-0.1, -0.05) is 30.3 Å². The van der Waals surface area contributed by atoms with E-state index in [4.69, 9.17) is 19.8 Å². The highest BCUT2D eigenvalue weighted by Crippen LogP contribution is 2.47. The molecule has 0 bridgehead atoms. The number of nitrogens with one attached hydrogen (secondary N) is 1. The zero-order valence-corrected chi connectivity index (χ0v) is 22.4. The second-order valence-corrected chi connectivity index (χ2v) is 10.9. The Morgan fingerprint density at radius 3 is 2.59 bits per heavy atom. The number of methoxy groups -OCH3 is 1. The van der Waals surface area contributed by atoms with Crippen LogP contribution in [0.3, 0.4) is 0 Å². The number of fused-ring (bicyclic) bond motifs is 1. The molecule has 1 N–H and O–H groups in total. The first kappa shape index (κ1) is 23.8. The Kier molecular flexibility index (Phi) is 6.26. The average molecular weight is 514 g/mol. The summed E-state index contributed by atoms with van der Waals surface area (Å²) < 4.78 is 9.61. The number of aromatic nitrogens is 6. The summed E-state index contributed by atoms with van der Waals surface area (Å²) >= 11 is 1.66. The third kappa shape index (κ3) is 4.42. The zero-order chi connectivity index (χ0) is 25.5. The lowest BCUT2D eigenvalue weighted by atomic mass is 10.0. The van der Waals surface area contributed by atoms with E-state index in [2.05, 4.69) is 54.5 Å². The van der Waals surface area contributed by atoms with Gasteiger partial charge in [-0.3, -0.25) is 4.68 Å². The standard InChI is InChI=1S/C28H31N7OS/c1-17(2)35-14-12-21(33-35)24-22(18-8-6-5-7-9-18)23-25(30-19-10-11-20(16-19)36-4)31-26(32-28(23)37-24)27-29-13-15-34(27)3/h5-9,12-15,17,19-20H,10-11,16H2,1-4H3,(H,30,31,32)/t19-,20+/m1/s1. The fourth-order valence-electron chi connectivity index (χ4n) is 5.07. The normalized spacial score (nSPS) is 17.8. The Balaban J connectivity index is 1.59. The summed E-state index contributed by atoms with van der Waals surface area (Å²) in [6, 6.07) is 13.2.